The van der Waals surface area contributed by atoms with Gasteiger partial charge in [0, 0.05) is 12.7 Å². The van der Waals surface area contributed by atoms with Crippen molar-refractivity contribution in [2.45, 2.75) is 6.42 Å². The van der Waals surface area contributed by atoms with Crippen LogP contribution in [0.4, 0.5) is 10.1 Å². The number of rotatable bonds is 0. The Bertz CT molecular complexity index is 348. The summed E-state index contributed by atoms with van der Waals surface area (Å²) in [4.78, 5) is 12.7. The van der Waals surface area contributed by atoms with Crippen LogP contribution in [0, 0.1) is 5.82 Å². The van der Waals surface area contributed by atoms with Gasteiger partial charge in [-0.2, -0.15) is 0 Å². The Kier molecular flexibility index (Phi) is 1.40. The zero-order chi connectivity index (χ0) is 8.72. The largest absolute Gasteiger partial charge is 0.315 e. The predicted molar refractivity (Wildman–Crippen MR) is 43.5 cm³/mol. The molecule has 0 unspecified atom stereocenters. The fourth-order valence-corrected chi connectivity index (χ4v) is 1.44. The van der Waals surface area contributed by atoms with Gasteiger partial charge in [-0.25, -0.2) is 4.39 Å². The highest BCUT2D eigenvalue weighted by Gasteiger charge is 2.23. The standard InChI is InChI=1S/C9H8FNO/c1-11-8-3-2-7(10)4-6(8)5-9(11)12/h2-4H,5H2,1H3. The van der Waals surface area contributed by atoms with E-state index in [-0.39, 0.29) is 11.7 Å². The van der Waals surface area contributed by atoms with E-state index >= 15 is 0 Å². The Morgan fingerprint density at radius 1 is 1.50 bits per heavy atom. The molecule has 1 aromatic rings. The van der Waals surface area contributed by atoms with Crippen molar-refractivity contribution in [1.82, 2.24) is 0 Å². The average molecular weight is 165 g/mol. The molecule has 0 bridgehead atoms. The maximum atomic E-state index is 12.7. The molecule has 1 aliphatic rings. The molecule has 62 valence electrons. The normalized spacial score (nSPS) is 15.2. The van der Waals surface area contributed by atoms with Gasteiger partial charge in [0.05, 0.1) is 6.42 Å². The van der Waals surface area contributed by atoms with E-state index in [1.807, 2.05) is 0 Å². The van der Waals surface area contributed by atoms with Crippen LogP contribution >= 0.6 is 0 Å². The van der Waals surface area contributed by atoms with Gasteiger partial charge in [-0.3, -0.25) is 4.79 Å². The Labute approximate surface area is 69.6 Å². The molecule has 0 aliphatic carbocycles. The van der Waals surface area contributed by atoms with E-state index in [2.05, 4.69) is 0 Å². The van der Waals surface area contributed by atoms with Crippen molar-refractivity contribution in [2.75, 3.05) is 11.9 Å². The quantitative estimate of drug-likeness (QED) is 0.568. The monoisotopic (exact) mass is 165 g/mol. The highest BCUT2D eigenvalue weighted by Crippen LogP contribution is 2.27. The van der Waals surface area contributed by atoms with Crippen LogP contribution in [0.3, 0.4) is 0 Å². The lowest BCUT2D eigenvalue weighted by molar-refractivity contribution is -0.117. The fourth-order valence-electron chi connectivity index (χ4n) is 1.44. The second kappa shape index (κ2) is 2.30. The van der Waals surface area contributed by atoms with Crippen LogP contribution in [0.1, 0.15) is 5.56 Å². The van der Waals surface area contributed by atoms with Gasteiger partial charge >= 0.3 is 0 Å². The second-order valence-electron chi connectivity index (χ2n) is 2.90. The van der Waals surface area contributed by atoms with Crippen LogP contribution in [-0.2, 0) is 11.2 Å². The van der Waals surface area contributed by atoms with Crippen molar-refractivity contribution in [3.63, 3.8) is 0 Å². The first-order valence-electron chi connectivity index (χ1n) is 3.73. The van der Waals surface area contributed by atoms with Gasteiger partial charge in [0.25, 0.3) is 0 Å². The number of amides is 1. The van der Waals surface area contributed by atoms with Gasteiger partial charge in [0.15, 0.2) is 0 Å². The van der Waals surface area contributed by atoms with Crippen molar-refractivity contribution >= 4 is 11.6 Å². The molecule has 1 heterocycles. The summed E-state index contributed by atoms with van der Waals surface area (Å²) in [7, 11) is 1.70. The molecule has 0 saturated carbocycles. The summed E-state index contributed by atoms with van der Waals surface area (Å²) in [5, 5.41) is 0. The van der Waals surface area contributed by atoms with Gasteiger partial charge in [-0.1, -0.05) is 0 Å². The number of halogens is 1. The molecule has 1 aliphatic heterocycles. The van der Waals surface area contributed by atoms with Crippen LogP contribution < -0.4 is 4.90 Å². The van der Waals surface area contributed by atoms with Crippen molar-refractivity contribution in [3.8, 4) is 0 Å². The molecule has 2 rings (SSSR count). The molecule has 0 aromatic heterocycles. The Hall–Kier alpha value is -1.38. The molecule has 3 heteroatoms. The number of carbonyl (C=O) groups is 1. The second-order valence-corrected chi connectivity index (χ2v) is 2.90. The maximum Gasteiger partial charge on any atom is 0.231 e. The number of anilines is 1. The summed E-state index contributed by atoms with van der Waals surface area (Å²) in [5.41, 5.74) is 1.60. The van der Waals surface area contributed by atoms with Crippen molar-refractivity contribution < 1.29 is 9.18 Å². The van der Waals surface area contributed by atoms with Crippen molar-refractivity contribution in [3.05, 3.63) is 29.6 Å². The summed E-state index contributed by atoms with van der Waals surface area (Å²) in [6, 6.07) is 4.42. The maximum absolute atomic E-state index is 12.7. The zero-order valence-electron chi connectivity index (χ0n) is 6.67. The topological polar surface area (TPSA) is 20.3 Å². The first kappa shape index (κ1) is 7.28. The molecule has 1 aromatic carbocycles. The Balaban J connectivity index is 2.54. The van der Waals surface area contributed by atoms with E-state index < -0.39 is 0 Å². The van der Waals surface area contributed by atoms with Gasteiger partial charge in [0.2, 0.25) is 5.91 Å². The minimum absolute atomic E-state index is 0.0237. The number of fused-ring (bicyclic) bond motifs is 1. The molecule has 0 radical (unpaired) electrons. The molecule has 0 spiro atoms. The highest BCUT2D eigenvalue weighted by molar-refractivity contribution is 6.00. The first-order valence-corrected chi connectivity index (χ1v) is 3.73. The lowest BCUT2D eigenvalue weighted by Crippen LogP contribution is -2.20. The van der Waals surface area contributed by atoms with E-state index in [4.69, 9.17) is 0 Å². The molecule has 1 amide bonds. The van der Waals surface area contributed by atoms with E-state index in [1.54, 1.807) is 18.0 Å². The minimum atomic E-state index is -0.281. The van der Waals surface area contributed by atoms with Crippen LogP contribution in [0.25, 0.3) is 0 Å². The van der Waals surface area contributed by atoms with Gasteiger partial charge in [-0.05, 0) is 23.8 Å². The summed E-state index contributed by atoms with van der Waals surface area (Å²) in [6.07, 6.45) is 0.323. The number of nitrogens with zero attached hydrogens (tertiary/aromatic N) is 1. The lowest BCUT2D eigenvalue weighted by Gasteiger charge is -2.08. The number of hydrogen-bond donors (Lipinski definition) is 0. The van der Waals surface area contributed by atoms with Crippen LogP contribution in [0.5, 0.6) is 0 Å². The van der Waals surface area contributed by atoms with Gasteiger partial charge < -0.3 is 4.90 Å². The SMILES string of the molecule is CN1C(=O)Cc2cc(F)ccc21. The van der Waals surface area contributed by atoms with Gasteiger partial charge in [-0.15, -0.1) is 0 Å². The molecule has 0 N–H and O–H groups in total. The number of hydrogen-bond acceptors (Lipinski definition) is 1. The third-order valence-corrected chi connectivity index (χ3v) is 2.12. The van der Waals surface area contributed by atoms with Crippen molar-refractivity contribution in [1.29, 1.82) is 0 Å². The van der Waals surface area contributed by atoms with E-state index in [1.165, 1.54) is 12.1 Å². The molecule has 0 saturated heterocycles. The summed E-state index contributed by atoms with van der Waals surface area (Å²) >= 11 is 0. The number of likely N-dealkylation sites (N-methyl/N-ethyl adjacent to an activating group) is 1. The third-order valence-electron chi connectivity index (χ3n) is 2.12. The summed E-state index contributed by atoms with van der Waals surface area (Å²) < 4.78 is 12.7. The molecular formula is C9H8FNO. The smallest absolute Gasteiger partial charge is 0.231 e. The minimum Gasteiger partial charge on any atom is -0.315 e. The first-order chi connectivity index (χ1) is 5.68. The number of benzene rings is 1. The number of carbonyl (C=O) groups excluding carboxylic acids is 1. The lowest BCUT2D eigenvalue weighted by atomic mass is 10.2. The molecule has 2 nitrogen and oxygen atoms in total. The Morgan fingerprint density at radius 2 is 2.25 bits per heavy atom. The summed E-state index contributed by atoms with van der Waals surface area (Å²) in [6.45, 7) is 0. The van der Waals surface area contributed by atoms with E-state index in [9.17, 15) is 9.18 Å². The molecule has 0 atom stereocenters. The van der Waals surface area contributed by atoms with Crippen LogP contribution in [0.2, 0.25) is 0 Å². The molecule has 12 heavy (non-hydrogen) atoms. The highest BCUT2D eigenvalue weighted by atomic mass is 19.1. The van der Waals surface area contributed by atoms with Crippen LogP contribution in [-0.4, -0.2) is 13.0 Å². The van der Waals surface area contributed by atoms with Crippen molar-refractivity contribution in [2.24, 2.45) is 0 Å². The third kappa shape index (κ3) is 0.897. The Morgan fingerprint density at radius 3 is 3.00 bits per heavy atom. The van der Waals surface area contributed by atoms with E-state index in [0.29, 0.717) is 6.42 Å². The summed E-state index contributed by atoms with van der Waals surface area (Å²) in [5.74, 6) is -0.257. The zero-order valence-corrected chi connectivity index (χ0v) is 6.67. The van der Waals surface area contributed by atoms with Crippen LogP contribution in [0.15, 0.2) is 18.2 Å². The van der Waals surface area contributed by atoms with Gasteiger partial charge in [0.1, 0.15) is 5.82 Å². The molecule has 0 fully saturated rings. The fraction of sp³-hybridized carbons (Fsp3) is 0.222. The molecular weight excluding hydrogens is 157 g/mol. The predicted octanol–water partition coefficient (Wildman–Crippen LogP) is 1.34. The average Bonchev–Trinajstić information content (AvgIpc) is 2.28. The van der Waals surface area contributed by atoms with E-state index in [0.717, 1.165) is 11.3 Å².